The van der Waals surface area contributed by atoms with E-state index >= 15 is 0 Å². The van der Waals surface area contributed by atoms with Gasteiger partial charge in [0.2, 0.25) is 11.1 Å². The molecule has 0 bridgehead atoms. The SMILES string of the molecule is CCOc1ccc(-c2nnc(SCC(=O)NC3CCCCC3)n2N)cc1. The van der Waals surface area contributed by atoms with Gasteiger partial charge in [-0.3, -0.25) is 4.79 Å². The zero-order valence-electron chi connectivity index (χ0n) is 15.0. The number of hydrogen-bond donors (Lipinski definition) is 2. The van der Waals surface area contributed by atoms with Gasteiger partial charge in [-0.2, -0.15) is 0 Å². The van der Waals surface area contributed by atoms with Crippen LogP contribution in [0.3, 0.4) is 0 Å². The lowest BCUT2D eigenvalue weighted by Gasteiger charge is -2.22. The molecule has 1 saturated carbocycles. The van der Waals surface area contributed by atoms with Crippen molar-refractivity contribution in [1.82, 2.24) is 20.2 Å². The number of nitrogens with zero attached hydrogens (tertiary/aromatic N) is 3. The summed E-state index contributed by atoms with van der Waals surface area (Å²) in [6, 6.07) is 7.84. The summed E-state index contributed by atoms with van der Waals surface area (Å²) in [4.78, 5) is 12.1. The lowest BCUT2D eigenvalue weighted by atomic mass is 9.95. The second-order valence-corrected chi connectivity index (χ2v) is 7.27. The molecule has 140 valence electrons. The van der Waals surface area contributed by atoms with Gasteiger partial charge in [0.05, 0.1) is 12.4 Å². The van der Waals surface area contributed by atoms with Crippen molar-refractivity contribution in [1.29, 1.82) is 0 Å². The van der Waals surface area contributed by atoms with Crippen molar-refractivity contribution in [3.05, 3.63) is 24.3 Å². The van der Waals surface area contributed by atoms with Gasteiger partial charge in [-0.25, -0.2) is 4.68 Å². The van der Waals surface area contributed by atoms with Gasteiger partial charge in [-0.15, -0.1) is 10.2 Å². The van der Waals surface area contributed by atoms with Crippen molar-refractivity contribution in [2.45, 2.75) is 50.2 Å². The number of aromatic nitrogens is 3. The summed E-state index contributed by atoms with van der Waals surface area (Å²) in [5.74, 6) is 7.78. The van der Waals surface area contributed by atoms with Gasteiger partial charge in [-0.05, 0) is 44.0 Å². The summed E-state index contributed by atoms with van der Waals surface area (Å²) in [7, 11) is 0. The number of carbonyl (C=O) groups is 1. The van der Waals surface area contributed by atoms with E-state index in [1.54, 1.807) is 0 Å². The smallest absolute Gasteiger partial charge is 0.230 e. The third kappa shape index (κ3) is 4.69. The molecule has 1 aromatic heterocycles. The number of hydrogen-bond acceptors (Lipinski definition) is 6. The average Bonchev–Trinajstić information content (AvgIpc) is 3.02. The Morgan fingerprint density at radius 2 is 2.00 bits per heavy atom. The average molecular weight is 375 g/mol. The van der Waals surface area contributed by atoms with Crippen LogP contribution in [0.25, 0.3) is 11.4 Å². The van der Waals surface area contributed by atoms with Crippen molar-refractivity contribution in [3.63, 3.8) is 0 Å². The molecule has 0 radical (unpaired) electrons. The second-order valence-electron chi connectivity index (χ2n) is 6.32. The Morgan fingerprint density at radius 3 is 2.69 bits per heavy atom. The largest absolute Gasteiger partial charge is 0.494 e. The molecular weight excluding hydrogens is 350 g/mol. The van der Waals surface area contributed by atoms with E-state index in [2.05, 4.69) is 15.5 Å². The van der Waals surface area contributed by atoms with Gasteiger partial charge in [0, 0.05) is 11.6 Å². The molecule has 0 atom stereocenters. The molecule has 1 aliphatic rings. The molecule has 3 N–H and O–H groups in total. The number of nitrogens with one attached hydrogen (secondary N) is 1. The van der Waals surface area contributed by atoms with Gasteiger partial charge in [0.15, 0.2) is 5.82 Å². The van der Waals surface area contributed by atoms with E-state index in [1.165, 1.54) is 35.7 Å². The molecule has 1 aliphatic carbocycles. The van der Waals surface area contributed by atoms with Crippen LogP contribution in [-0.2, 0) is 4.79 Å². The van der Waals surface area contributed by atoms with Gasteiger partial charge in [0.25, 0.3) is 0 Å². The molecule has 7 nitrogen and oxygen atoms in total. The topological polar surface area (TPSA) is 95.1 Å². The normalized spacial score (nSPS) is 15.0. The van der Waals surface area contributed by atoms with Crippen LogP contribution in [0, 0.1) is 0 Å². The third-order valence-electron chi connectivity index (χ3n) is 4.39. The summed E-state index contributed by atoms with van der Waals surface area (Å²) in [5.41, 5.74) is 0.849. The molecule has 3 rings (SSSR count). The zero-order chi connectivity index (χ0) is 18.4. The monoisotopic (exact) mass is 375 g/mol. The maximum Gasteiger partial charge on any atom is 0.230 e. The fraction of sp³-hybridized carbons (Fsp3) is 0.500. The number of nitrogens with two attached hydrogens (primary N) is 1. The first-order valence-corrected chi connectivity index (χ1v) is 10.0. The van der Waals surface area contributed by atoms with Crippen LogP contribution < -0.4 is 15.9 Å². The summed E-state index contributed by atoms with van der Waals surface area (Å²) < 4.78 is 6.86. The zero-order valence-corrected chi connectivity index (χ0v) is 15.8. The van der Waals surface area contributed by atoms with Crippen LogP contribution in [0.15, 0.2) is 29.4 Å². The second kappa shape index (κ2) is 8.93. The molecule has 2 aromatic rings. The van der Waals surface area contributed by atoms with Crippen molar-refractivity contribution in [2.24, 2.45) is 0 Å². The maximum absolute atomic E-state index is 12.1. The van der Waals surface area contributed by atoms with Gasteiger partial charge in [0.1, 0.15) is 5.75 Å². The third-order valence-corrected chi connectivity index (χ3v) is 5.33. The predicted octanol–water partition coefficient (Wildman–Crippen LogP) is 2.60. The molecule has 1 heterocycles. The van der Waals surface area contributed by atoms with Crippen molar-refractivity contribution in [2.75, 3.05) is 18.2 Å². The van der Waals surface area contributed by atoms with Crippen LogP contribution >= 0.6 is 11.8 Å². The Labute approximate surface area is 157 Å². The van der Waals surface area contributed by atoms with Crippen LogP contribution in [0.5, 0.6) is 5.75 Å². The summed E-state index contributed by atoms with van der Waals surface area (Å²) in [6.07, 6.45) is 5.81. The molecular formula is C18H25N5O2S. The van der Waals surface area contributed by atoms with E-state index in [-0.39, 0.29) is 11.7 Å². The Morgan fingerprint density at radius 1 is 1.27 bits per heavy atom. The van der Waals surface area contributed by atoms with E-state index < -0.39 is 0 Å². The fourth-order valence-electron chi connectivity index (χ4n) is 3.09. The van der Waals surface area contributed by atoms with Crippen molar-refractivity contribution in [3.8, 4) is 17.1 Å². The van der Waals surface area contributed by atoms with Crippen LogP contribution in [0.4, 0.5) is 0 Å². The summed E-state index contributed by atoms with van der Waals surface area (Å²) in [6.45, 7) is 2.56. The molecule has 26 heavy (non-hydrogen) atoms. The Bertz CT molecular complexity index is 726. The highest BCUT2D eigenvalue weighted by Gasteiger charge is 2.17. The van der Waals surface area contributed by atoms with Gasteiger partial charge < -0.3 is 15.9 Å². The highest BCUT2D eigenvalue weighted by molar-refractivity contribution is 7.99. The summed E-state index contributed by atoms with van der Waals surface area (Å²) in [5, 5.41) is 11.9. The number of thioether (sulfide) groups is 1. The number of ether oxygens (including phenoxy) is 1. The fourth-order valence-corrected chi connectivity index (χ4v) is 3.75. The molecule has 8 heteroatoms. The standard InChI is InChI=1S/C18H25N5O2S/c1-2-25-15-10-8-13(9-11-15)17-21-22-18(23(17)19)26-12-16(24)20-14-6-4-3-5-7-14/h8-11,14H,2-7,12,19H2,1H3,(H,20,24). The van der Waals surface area contributed by atoms with E-state index in [9.17, 15) is 4.79 Å². The first-order chi connectivity index (χ1) is 12.7. The van der Waals surface area contributed by atoms with E-state index in [0.717, 1.165) is 24.2 Å². The first-order valence-electron chi connectivity index (χ1n) is 9.03. The maximum atomic E-state index is 12.1. The van der Waals surface area contributed by atoms with E-state index in [0.29, 0.717) is 23.6 Å². The van der Waals surface area contributed by atoms with Crippen LogP contribution in [0.2, 0.25) is 0 Å². The number of benzene rings is 1. The molecule has 0 unspecified atom stereocenters. The minimum Gasteiger partial charge on any atom is -0.494 e. The molecule has 1 aromatic carbocycles. The molecule has 0 aliphatic heterocycles. The highest BCUT2D eigenvalue weighted by atomic mass is 32.2. The van der Waals surface area contributed by atoms with Crippen LogP contribution in [0.1, 0.15) is 39.0 Å². The Balaban J connectivity index is 1.57. The Kier molecular flexibility index (Phi) is 6.38. The lowest BCUT2D eigenvalue weighted by Crippen LogP contribution is -2.37. The minimum atomic E-state index is 0.0208. The molecule has 1 fully saturated rings. The van der Waals surface area contributed by atoms with Crippen molar-refractivity contribution >= 4 is 17.7 Å². The molecule has 1 amide bonds. The van der Waals surface area contributed by atoms with E-state index in [1.807, 2.05) is 31.2 Å². The highest BCUT2D eigenvalue weighted by Crippen LogP contribution is 2.24. The summed E-state index contributed by atoms with van der Waals surface area (Å²) >= 11 is 1.30. The predicted molar refractivity (Wildman–Crippen MR) is 103 cm³/mol. The number of nitrogen functional groups attached to an aromatic ring is 1. The number of carbonyl (C=O) groups excluding carboxylic acids is 1. The van der Waals surface area contributed by atoms with Crippen molar-refractivity contribution < 1.29 is 9.53 Å². The lowest BCUT2D eigenvalue weighted by molar-refractivity contribution is -0.119. The van der Waals surface area contributed by atoms with Crippen LogP contribution in [-0.4, -0.2) is 39.2 Å². The first kappa shape index (κ1) is 18.6. The van der Waals surface area contributed by atoms with Gasteiger partial charge in [-0.1, -0.05) is 31.0 Å². The molecule has 0 spiro atoms. The number of amides is 1. The quantitative estimate of drug-likeness (QED) is 0.570. The number of rotatable bonds is 7. The minimum absolute atomic E-state index is 0.0208. The molecule has 0 saturated heterocycles. The van der Waals surface area contributed by atoms with E-state index in [4.69, 9.17) is 10.6 Å². The van der Waals surface area contributed by atoms with Gasteiger partial charge >= 0.3 is 0 Å². The Hall–Kier alpha value is -2.22.